The Bertz CT molecular complexity index is 673. The van der Waals surface area contributed by atoms with E-state index < -0.39 is 6.10 Å². The van der Waals surface area contributed by atoms with Gasteiger partial charge in [0.15, 0.2) is 0 Å². The van der Waals surface area contributed by atoms with Crippen molar-refractivity contribution in [2.75, 3.05) is 24.6 Å². The lowest BCUT2D eigenvalue weighted by molar-refractivity contribution is 0.112. The zero-order valence-corrected chi connectivity index (χ0v) is 14.2. The molecule has 2 aromatic rings. The van der Waals surface area contributed by atoms with Crippen molar-refractivity contribution in [1.29, 1.82) is 0 Å². The maximum Gasteiger partial charge on any atom is 0.125 e. The molecule has 1 aliphatic rings. The molecule has 3 nitrogen and oxygen atoms in total. The largest absolute Gasteiger partial charge is 0.490 e. The maximum atomic E-state index is 10.4. The van der Waals surface area contributed by atoms with Crippen molar-refractivity contribution < 1.29 is 9.84 Å². The summed E-state index contributed by atoms with van der Waals surface area (Å²) < 4.78 is 5.91. The van der Waals surface area contributed by atoms with Gasteiger partial charge in [-0.3, -0.25) is 0 Å². The second-order valence-electron chi connectivity index (χ2n) is 6.52. The normalized spacial score (nSPS) is 14.7. The molecule has 0 saturated heterocycles. The molecular formula is C20H25NO2. The standard InChI is InChI=1S/C20H25NO2/c1-14-10-15(2)20(16(3)11-14)23-13-18(22)12-21-9-8-17-6-4-5-7-19(17)21/h4-7,10-11,18,22H,8-9,12-13H2,1-3H3. The van der Waals surface area contributed by atoms with Crippen LogP contribution in [0.4, 0.5) is 5.69 Å². The average Bonchev–Trinajstić information content (AvgIpc) is 2.89. The lowest BCUT2D eigenvalue weighted by Crippen LogP contribution is -2.34. The Kier molecular flexibility index (Phi) is 4.58. The highest BCUT2D eigenvalue weighted by molar-refractivity contribution is 5.57. The van der Waals surface area contributed by atoms with E-state index in [1.807, 2.05) is 0 Å². The van der Waals surface area contributed by atoms with E-state index in [-0.39, 0.29) is 0 Å². The summed E-state index contributed by atoms with van der Waals surface area (Å²) in [5.74, 6) is 0.900. The van der Waals surface area contributed by atoms with E-state index in [0.29, 0.717) is 13.2 Å². The number of aliphatic hydroxyl groups is 1. The third-order valence-corrected chi connectivity index (χ3v) is 4.44. The van der Waals surface area contributed by atoms with Crippen LogP contribution in [0.5, 0.6) is 5.75 Å². The van der Waals surface area contributed by atoms with Gasteiger partial charge in [0.25, 0.3) is 0 Å². The van der Waals surface area contributed by atoms with Gasteiger partial charge in [-0.15, -0.1) is 0 Å². The number of fused-ring (bicyclic) bond motifs is 1. The number of aliphatic hydroxyl groups excluding tert-OH is 1. The molecule has 0 spiro atoms. The number of hydrogen-bond donors (Lipinski definition) is 1. The molecule has 3 heteroatoms. The molecule has 0 aliphatic carbocycles. The molecule has 122 valence electrons. The molecule has 0 saturated carbocycles. The second kappa shape index (κ2) is 6.63. The van der Waals surface area contributed by atoms with E-state index in [4.69, 9.17) is 4.74 Å². The zero-order chi connectivity index (χ0) is 16.4. The molecule has 1 N–H and O–H groups in total. The molecule has 1 heterocycles. The van der Waals surface area contributed by atoms with Crippen molar-refractivity contribution in [2.45, 2.75) is 33.3 Å². The minimum Gasteiger partial charge on any atom is -0.490 e. The molecule has 3 rings (SSSR count). The van der Waals surface area contributed by atoms with Gasteiger partial charge in [-0.1, -0.05) is 35.9 Å². The number of nitrogens with zero attached hydrogens (tertiary/aromatic N) is 1. The number of aryl methyl sites for hydroxylation is 3. The predicted molar refractivity (Wildman–Crippen MR) is 94.5 cm³/mol. The van der Waals surface area contributed by atoms with Crippen molar-refractivity contribution in [2.24, 2.45) is 0 Å². The summed E-state index contributed by atoms with van der Waals surface area (Å²) in [6, 6.07) is 12.7. The number of para-hydroxylation sites is 1. The van der Waals surface area contributed by atoms with E-state index in [1.54, 1.807) is 0 Å². The Labute approximate surface area is 138 Å². The highest BCUT2D eigenvalue weighted by atomic mass is 16.5. The average molecular weight is 311 g/mol. The van der Waals surface area contributed by atoms with E-state index in [0.717, 1.165) is 29.8 Å². The number of anilines is 1. The topological polar surface area (TPSA) is 32.7 Å². The van der Waals surface area contributed by atoms with Crippen LogP contribution in [0.2, 0.25) is 0 Å². The third kappa shape index (κ3) is 3.50. The highest BCUT2D eigenvalue weighted by Gasteiger charge is 2.21. The number of benzene rings is 2. The van der Waals surface area contributed by atoms with Crippen molar-refractivity contribution in [3.05, 3.63) is 58.7 Å². The molecule has 2 aromatic carbocycles. The van der Waals surface area contributed by atoms with Gasteiger partial charge in [-0.05, 0) is 49.9 Å². The molecule has 1 unspecified atom stereocenters. The Morgan fingerprint density at radius 1 is 1.13 bits per heavy atom. The minimum absolute atomic E-state index is 0.323. The Hall–Kier alpha value is -2.00. The molecule has 0 aromatic heterocycles. The zero-order valence-electron chi connectivity index (χ0n) is 14.2. The number of hydrogen-bond acceptors (Lipinski definition) is 3. The molecule has 0 radical (unpaired) electrons. The van der Waals surface area contributed by atoms with Gasteiger partial charge in [0.2, 0.25) is 0 Å². The summed E-state index contributed by atoms with van der Waals surface area (Å²) in [6.07, 6.45) is 0.557. The van der Waals surface area contributed by atoms with Crippen molar-refractivity contribution in [1.82, 2.24) is 0 Å². The van der Waals surface area contributed by atoms with E-state index in [1.165, 1.54) is 16.8 Å². The van der Waals surface area contributed by atoms with Gasteiger partial charge in [0, 0.05) is 18.8 Å². The molecule has 1 atom stereocenters. The smallest absolute Gasteiger partial charge is 0.125 e. The summed E-state index contributed by atoms with van der Waals surface area (Å²) in [6.45, 7) is 8.10. The van der Waals surface area contributed by atoms with Crippen LogP contribution < -0.4 is 9.64 Å². The molecule has 1 aliphatic heterocycles. The van der Waals surface area contributed by atoms with Crippen LogP contribution in [-0.2, 0) is 6.42 Å². The lowest BCUT2D eigenvalue weighted by atomic mass is 10.1. The molecule has 23 heavy (non-hydrogen) atoms. The van der Waals surface area contributed by atoms with E-state index >= 15 is 0 Å². The van der Waals surface area contributed by atoms with Gasteiger partial charge < -0.3 is 14.7 Å². The first-order valence-corrected chi connectivity index (χ1v) is 8.26. The molecule has 0 bridgehead atoms. The quantitative estimate of drug-likeness (QED) is 0.918. The summed E-state index contributed by atoms with van der Waals surface area (Å²) >= 11 is 0. The fraction of sp³-hybridized carbons (Fsp3) is 0.400. The number of rotatable bonds is 5. The fourth-order valence-electron chi connectivity index (χ4n) is 3.48. The summed E-state index contributed by atoms with van der Waals surface area (Å²) in [7, 11) is 0. The Balaban J connectivity index is 1.60. The molecule has 0 amide bonds. The van der Waals surface area contributed by atoms with Gasteiger partial charge >= 0.3 is 0 Å². The van der Waals surface area contributed by atoms with Crippen LogP contribution >= 0.6 is 0 Å². The van der Waals surface area contributed by atoms with Crippen molar-refractivity contribution in [3.8, 4) is 5.75 Å². The van der Waals surface area contributed by atoms with Gasteiger partial charge in [-0.2, -0.15) is 0 Å². The summed E-state index contributed by atoms with van der Waals surface area (Å²) in [5, 5.41) is 10.4. The van der Waals surface area contributed by atoms with Crippen LogP contribution in [-0.4, -0.2) is 30.9 Å². The first-order chi connectivity index (χ1) is 11.0. The Morgan fingerprint density at radius 3 is 2.57 bits per heavy atom. The Morgan fingerprint density at radius 2 is 1.83 bits per heavy atom. The first kappa shape index (κ1) is 15.9. The molecular weight excluding hydrogens is 286 g/mol. The van der Waals surface area contributed by atoms with Gasteiger partial charge in [0.05, 0.1) is 0 Å². The van der Waals surface area contributed by atoms with Crippen LogP contribution in [0.1, 0.15) is 22.3 Å². The van der Waals surface area contributed by atoms with Gasteiger partial charge in [-0.25, -0.2) is 0 Å². The minimum atomic E-state index is -0.499. The lowest BCUT2D eigenvalue weighted by Gasteiger charge is -2.23. The maximum absolute atomic E-state index is 10.4. The number of ether oxygens (including phenoxy) is 1. The van der Waals surface area contributed by atoms with E-state index in [2.05, 4.69) is 62.1 Å². The van der Waals surface area contributed by atoms with Crippen molar-refractivity contribution in [3.63, 3.8) is 0 Å². The fourth-order valence-corrected chi connectivity index (χ4v) is 3.48. The third-order valence-electron chi connectivity index (χ3n) is 4.44. The predicted octanol–water partition coefficient (Wildman–Crippen LogP) is 3.41. The first-order valence-electron chi connectivity index (χ1n) is 8.26. The van der Waals surface area contributed by atoms with Crippen molar-refractivity contribution >= 4 is 5.69 Å². The highest BCUT2D eigenvalue weighted by Crippen LogP contribution is 2.28. The summed E-state index contributed by atoms with van der Waals surface area (Å²) in [5.41, 5.74) is 6.10. The van der Waals surface area contributed by atoms with Crippen LogP contribution in [0.15, 0.2) is 36.4 Å². The van der Waals surface area contributed by atoms with Crippen LogP contribution in [0.25, 0.3) is 0 Å². The van der Waals surface area contributed by atoms with Gasteiger partial charge in [0.1, 0.15) is 18.5 Å². The van der Waals surface area contributed by atoms with Crippen LogP contribution in [0.3, 0.4) is 0 Å². The molecule has 0 fully saturated rings. The monoisotopic (exact) mass is 311 g/mol. The van der Waals surface area contributed by atoms with Crippen LogP contribution in [0, 0.1) is 20.8 Å². The van der Waals surface area contributed by atoms with E-state index in [9.17, 15) is 5.11 Å². The summed E-state index contributed by atoms with van der Waals surface area (Å²) in [4.78, 5) is 2.25. The SMILES string of the molecule is Cc1cc(C)c(OCC(O)CN2CCc3ccccc32)c(C)c1. The second-order valence-corrected chi connectivity index (χ2v) is 6.52. The number of β-amino-alcohol motifs (C(OH)–C–C–N with tert-alkyl or cyclic N) is 1.